The van der Waals surface area contributed by atoms with E-state index >= 15 is 0 Å². The molecular weight excluding hydrogens is 234 g/mol. The van der Waals surface area contributed by atoms with E-state index in [9.17, 15) is 4.79 Å². The van der Waals surface area contributed by atoms with Gasteiger partial charge in [-0.1, -0.05) is 13.8 Å². The highest BCUT2D eigenvalue weighted by molar-refractivity contribution is 7.16. The molecule has 1 rings (SSSR count). The number of hydrogen-bond acceptors (Lipinski definition) is 4. The second kappa shape index (κ2) is 6.12. The number of anilines is 1. The van der Waals surface area contributed by atoms with Gasteiger partial charge in [-0.05, 0) is 26.2 Å². The minimum absolute atomic E-state index is 0.0337. The molecule has 1 atom stereocenters. The lowest BCUT2D eigenvalue weighted by molar-refractivity contribution is -0.116. The van der Waals surface area contributed by atoms with E-state index in [1.165, 1.54) is 11.3 Å². The van der Waals surface area contributed by atoms with E-state index in [2.05, 4.69) is 24.1 Å². The van der Waals surface area contributed by atoms with Crippen molar-refractivity contribution in [2.45, 2.75) is 46.6 Å². The Morgan fingerprint density at radius 2 is 2.12 bits per heavy atom. The van der Waals surface area contributed by atoms with E-state index in [0.717, 1.165) is 22.1 Å². The maximum Gasteiger partial charge on any atom is 0.226 e. The molecule has 0 bridgehead atoms. The number of nitrogens with one attached hydrogen (secondary N) is 1. The van der Waals surface area contributed by atoms with Crippen molar-refractivity contribution in [3.05, 3.63) is 10.7 Å². The number of aryl methyl sites for hydroxylation is 1. The van der Waals surface area contributed by atoms with Crippen LogP contribution in [0, 0.1) is 12.8 Å². The number of thiazole rings is 1. The Labute approximate surface area is 107 Å². The Kier molecular flexibility index (Phi) is 5.08. The minimum atomic E-state index is -0.113. The highest BCUT2D eigenvalue weighted by Gasteiger charge is 2.14. The van der Waals surface area contributed by atoms with Crippen LogP contribution in [0.25, 0.3) is 0 Å². The summed E-state index contributed by atoms with van der Waals surface area (Å²) in [5.74, 6) is 0.495. The molecule has 5 heteroatoms. The minimum Gasteiger partial charge on any atom is -0.327 e. The first kappa shape index (κ1) is 14.1. The van der Waals surface area contributed by atoms with Gasteiger partial charge in [0.1, 0.15) is 5.00 Å². The lowest BCUT2D eigenvalue weighted by Gasteiger charge is -2.08. The molecule has 0 aromatic carbocycles. The Morgan fingerprint density at radius 3 is 2.65 bits per heavy atom. The normalized spacial score (nSPS) is 12.8. The molecule has 0 saturated heterocycles. The maximum absolute atomic E-state index is 11.7. The number of carbonyl (C=O) groups is 1. The van der Waals surface area contributed by atoms with Crippen molar-refractivity contribution in [2.75, 3.05) is 5.32 Å². The third kappa shape index (κ3) is 4.83. The molecule has 1 amide bonds. The predicted molar refractivity (Wildman–Crippen MR) is 72.3 cm³/mol. The molecule has 0 radical (unpaired) electrons. The van der Waals surface area contributed by atoms with Crippen LogP contribution in [0.5, 0.6) is 0 Å². The van der Waals surface area contributed by atoms with Crippen LogP contribution in [-0.2, 0) is 11.2 Å². The summed E-state index contributed by atoms with van der Waals surface area (Å²) in [5, 5.41) is 4.76. The molecule has 1 aromatic rings. The topological polar surface area (TPSA) is 68.0 Å². The van der Waals surface area contributed by atoms with Gasteiger partial charge < -0.3 is 11.1 Å². The molecule has 0 aliphatic carbocycles. The van der Waals surface area contributed by atoms with Crippen LogP contribution in [0.4, 0.5) is 5.00 Å². The van der Waals surface area contributed by atoms with E-state index in [-0.39, 0.29) is 11.9 Å². The summed E-state index contributed by atoms with van der Waals surface area (Å²) in [6.07, 6.45) is 1.23. The van der Waals surface area contributed by atoms with Crippen LogP contribution in [0.15, 0.2) is 0 Å². The largest absolute Gasteiger partial charge is 0.327 e. The summed E-state index contributed by atoms with van der Waals surface area (Å²) in [5.41, 5.74) is 6.58. The van der Waals surface area contributed by atoms with Gasteiger partial charge in [0, 0.05) is 12.5 Å². The van der Waals surface area contributed by atoms with Crippen LogP contribution in [0.3, 0.4) is 0 Å². The van der Waals surface area contributed by atoms with Gasteiger partial charge in [-0.2, -0.15) is 0 Å². The van der Waals surface area contributed by atoms with Gasteiger partial charge >= 0.3 is 0 Å². The van der Waals surface area contributed by atoms with Gasteiger partial charge in [0.05, 0.1) is 10.7 Å². The van der Waals surface area contributed by atoms with E-state index in [1.807, 2.05) is 13.8 Å². The number of aromatic nitrogens is 1. The number of carbonyl (C=O) groups excluding carboxylic acids is 1. The molecule has 0 saturated carbocycles. The van der Waals surface area contributed by atoms with Crippen LogP contribution >= 0.6 is 11.3 Å². The van der Waals surface area contributed by atoms with Crippen LogP contribution in [-0.4, -0.2) is 16.9 Å². The highest BCUT2D eigenvalue weighted by Crippen LogP contribution is 2.26. The van der Waals surface area contributed by atoms with Crippen molar-refractivity contribution < 1.29 is 4.79 Å². The predicted octanol–water partition coefficient (Wildman–Crippen LogP) is 2.33. The van der Waals surface area contributed by atoms with Crippen molar-refractivity contribution in [1.29, 1.82) is 0 Å². The van der Waals surface area contributed by atoms with Gasteiger partial charge in [-0.3, -0.25) is 4.79 Å². The summed E-state index contributed by atoms with van der Waals surface area (Å²) in [6, 6.07) is -0.113. The SMILES string of the molecule is Cc1nc(CC(C)C)c(NC(=O)CC(C)N)s1. The lowest BCUT2D eigenvalue weighted by Crippen LogP contribution is -2.24. The van der Waals surface area contributed by atoms with Crippen molar-refractivity contribution >= 4 is 22.2 Å². The van der Waals surface area contributed by atoms with E-state index in [1.54, 1.807) is 0 Å². The summed E-state index contributed by atoms with van der Waals surface area (Å²) in [4.78, 5) is 16.1. The van der Waals surface area contributed by atoms with E-state index < -0.39 is 0 Å². The van der Waals surface area contributed by atoms with Gasteiger partial charge in [0.15, 0.2) is 0 Å². The Balaban J connectivity index is 2.72. The summed E-state index contributed by atoms with van der Waals surface area (Å²) in [6.45, 7) is 8.06. The van der Waals surface area contributed by atoms with Gasteiger partial charge in [-0.15, -0.1) is 11.3 Å². The van der Waals surface area contributed by atoms with Gasteiger partial charge in [-0.25, -0.2) is 4.98 Å². The second-order valence-electron chi connectivity index (χ2n) is 4.84. The standard InChI is InChI=1S/C12H21N3OS/c1-7(2)5-10-12(17-9(4)14-10)15-11(16)6-8(3)13/h7-8H,5-6,13H2,1-4H3,(H,15,16). The van der Waals surface area contributed by atoms with Gasteiger partial charge in [0.25, 0.3) is 0 Å². The Bertz CT molecular complexity index is 385. The second-order valence-corrected chi connectivity index (χ2v) is 6.04. The molecular formula is C12H21N3OS. The molecule has 1 unspecified atom stereocenters. The first-order valence-electron chi connectivity index (χ1n) is 5.90. The summed E-state index contributed by atoms with van der Waals surface area (Å²) >= 11 is 1.53. The fourth-order valence-electron chi connectivity index (χ4n) is 1.56. The average Bonchev–Trinajstić information content (AvgIpc) is 2.43. The van der Waals surface area contributed by atoms with Crippen molar-refractivity contribution in [3.8, 4) is 0 Å². The van der Waals surface area contributed by atoms with Crippen molar-refractivity contribution in [1.82, 2.24) is 4.98 Å². The Hall–Kier alpha value is -0.940. The monoisotopic (exact) mass is 255 g/mol. The van der Waals surface area contributed by atoms with Crippen LogP contribution in [0.1, 0.15) is 37.9 Å². The number of nitrogens with two attached hydrogens (primary N) is 1. The molecule has 0 spiro atoms. The molecule has 96 valence electrons. The molecule has 4 nitrogen and oxygen atoms in total. The lowest BCUT2D eigenvalue weighted by atomic mass is 10.1. The number of amides is 1. The van der Waals surface area contributed by atoms with E-state index in [0.29, 0.717) is 12.3 Å². The van der Waals surface area contributed by atoms with Crippen molar-refractivity contribution in [3.63, 3.8) is 0 Å². The summed E-state index contributed by atoms with van der Waals surface area (Å²) in [7, 11) is 0. The maximum atomic E-state index is 11.7. The first-order chi connectivity index (χ1) is 7.88. The quantitative estimate of drug-likeness (QED) is 0.848. The molecule has 1 aromatic heterocycles. The third-order valence-corrected chi connectivity index (χ3v) is 3.09. The highest BCUT2D eigenvalue weighted by atomic mass is 32.1. The average molecular weight is 255 g/mol. The molecule has 0 fully saturated rings. The molecule has 0 aliphatic rings. The first-order valence-corrected chi connectivity index (χ1v) is 6.72. The zero-order valence-corrected chi connectivity index (χ0v) is 11.7. The van der Waals surface area contributed by atoms with E-state index in [4.69, 9.17) is 5.73 Å². The van der Waals surface area contributed by atoms with Crippen LogP contribution in [0.2, 0.25) is 0 Å². The smallest absolute Gasteiger partial charge is 0.226 e. The third-order valence-electron chi connectivity index (χ3n) is 2.17. The van der Waals surface area contributed by atoms with Crippen molar-refractivity contribution in [2.24, 2.45) is 11.7 Å². The van der Waals surface area contributed by atoms with Gasteiger partial charge in [0.2, 0.25) is 5.91 Å². The number of nitrogens with zero attached hydrogens (tertiary/aromatic N) is 1. The number of hydrogen-bond donors (Lipinski definition) is 2. The fraction of sp³-hybridized carbons (Fsp3) is 0.667. The number of rotatable bonds is 5. The molecule has 0 aliphatic heterocycles. The Morgan fingerprint density at radius 1 is 1.47 bits per heavy atom. The van der Waals surface area contributed by atoms with Crippen LogP contribution < -0.4 is 11.1 Å². The fourth-order valence-corrected chi connectivity index (χ4v) is 2.43. The molecule has 17 heavy (non-hydrogen) atoms. The zero-order valence-electron chi connectivity index (χ0n) is 10.9. The molecule has 3 N–H and O–H groups in total. The summed E-state index contributed by atoms with van der Waals surface area (Å²) < 4.78 is 0. The zero-order chi connectivity index (χ0) is 13.0. The molecule has 1 heterocycles.